The van der Waals surface area contributed by atoms with E-state index in [1.165, 1.54) is 19.3 Å². The number of nitrogens with zero attached hydrogens (tertiary/aromatic N) is 2. The molecule has 0 rings (SSSR count). The van der Waals surface area contributed by atoms with Crippen molar-refractivity contribution in [2.75, 3.05) is 6.54 Å². The molecule has 138 valence electrons. The maximum absolute atomic E-state index is 12.7. The van der Waals surface area contributed by atoms with Crippen molar-refractivity contribution in [1.29, 1.82) is 10.5 Å². The number of unbranched alkanes of at least 4 members (excludes halogenated alkanes) is 7. The van der Waals surface area contributed by atoms with Gasteiger partial charge >= 0.3 is 0 Å². The summed E-state index contributed by atoms with van der Waals surface area (Å²) in [6.45, 7) is 4.39. The fourth-order valence-corrected chi connectivity index (χ4v) is 4.37. The number of hydrogen-bond acceptors (Lipinski definition) is 4. The highest BCUT2D eigenvalue weighted by Crippen LogP contribution is 2.30. The summed E-state index contributed by atoms with van der Waals surface area (Å²) in [5.41, 5.74) is 0. The zero-order valence-corrected chi connectivity index (χ0v) is 16.1. The van der Waals surface area contributed by atoms with E-state index in [0.29, 0.717) is 25.7 Å². The molecule has 0 aliphatic heterocycles. The van der Waals surface area contributed by atoms with Gasteiger partial charge in [-0.05, 0) is 19.3 Å². The summed E-state index contributed by atoms with van der Waals surface area (Å²) in [4.78, 5) is 0. The predicted octanol–water partition coefficient (Wildman–Crippen LogP) is 4.41. The Morgan fingerprint density at radius 3 is 2.04 bits per heavy atom. The van der Waals surface area contributed by atoms with Crippen LogP contribution in [0.15, 0.2) is 0 Å². The largest absolute Gasteiger partial charge is 0.230 e. The quantitative estimate of drug-likeness (QED) is 0.440. The average molecular weight is 356 g/mol. The minimum absolute atomic E-state index is 0.224. The molecule has 0 heterocycles. The Balaban J connectivity index is 4.79. The van der Waals surface area contributed by atoms with Crippen molar-refractivity contribution in [2.24, 2.45) is 0 Å². The van der Waals surface area contributed by atoms with Gasteiger partial charge in [0.05, 0.1) is 12.1 Å². The van der Waals surface area contributed by atoms with Crippen molar-refractivity contribution < 1.29 is 8.42 Å². The van der Waals surface area contributed by atoms with E-state index in [1.807, 2.05) is 13.0 Å². The molecule has 0 bridgehead atoms. The van der Waals surface area contributed by atoms with E-state index in [9.17, 15) is 13.7 Å². The summed E-state index contributed by atoms with van der Waals surface area (Å²) in [5.74, 6) is 0. The molecule has 0 fully saturated rings. The molecule has 0 aromatic rings. The summed E-state index contributed by atoms with van der Waals surface area (Å²) in [7, 11) is -3.70. The van der Waals surface area contributed by atoms with Crippen molar-refractivity contribution >= 4 is 10.0 Å². The molecule has 1 atom stereocenters. The first-order chi connectivity index (χ1) is 11.5. The van der Waals surface area contributed by atoms with E-state index in [4.69, 9.17) is 5.26 Å². The number of sulfonamides is 1. The lowest BCUT2D eigenvalue weighted by Crippen LogP contribution is -2.45. The zero-order chi connectivity index (χ0) is 18.3. The maximum atomic E-state index is 12.7. The Bertz CT molecular complexity index is 505. The third kappa shape index (κ3) is 8.13. The molecule has 0 aromatic carbocycles. The van der Waals surface area contributed by atoms with Gasteiger partial charge in [0.15, 0.2) is 4.75 Å². The second-order valence-corrected chi connectivity index (χ2v) is 8.46. The van der Waals surface area contributed by atoms with E-state index in [1.54, 1.807) is 0 Å². The zero-order valence-electron chi connectivity index (χ0n) is 15.3. The van der Waals surface area contributed by atoms with Crippen molar-refractivity contribution in [1.82, 2.24) is 4.72 Å². The second kappa shape index (κ2) is 13.2. The van der Waals surface area contributed by atoms with Crippen molar-refractivity contribution in [2.45, 2.75) is 95.6 Å². The number of nitriles is 2. The molecule has 0 aliphatic rings. The van der Waals surface area contributed by atoms with Gasteiger partial charge in [0.25, 0.3) is 0 Å². The molecular weight excluding hydrogens is 322 g/mol. The Morgan fingerprint density at radius 2 is 1.46 bits per heavy atom. The highest BCUT2D eigenvalue weighted by molar-refractivity contribution is 7.91. The normalized spacial score (nSPS) is 13.8. The van der Waals surface area contributed by atoms with Crippen molar-refractivity contribution in [3.63, 3.8) is 0 Å². The first-order valence-corrected chi connectivity index (χ1v) is 10.8. The molecule has 0 spiro atoms. The van der Waals surface area contributed by atoms with Gasteiger partial charge in [-0.25, -0.2) is 13.1 Å². The van der Waals surface area contributed by atoms with Crippen LogP contribution < -0.4 is 4.72 Å². The maximum Gasteiger partial charge on any atom is 0.230 e. The van der Waals surface area contributed by atoms with Crippen LogP contribution in [-0.4, -0.2) is 19.7 Å². The van der Waals surface area contributed by atoms with E-state index >= 15 is 0 Å². The number of rotatable bonds is 15. The molecule has 24 heavy (non-hydrogen) atoms. The number of hydrogen-bond donors (Lipinski definition) is 1. The molecule has 6 heteroatoms. The molecule has 0 radical (unpaired) electrons. The van der Waals surface area contributed by atoms with Crippen molar-refractivity contribution in [3.05, 3.63) is 0 Å². The van der Waals surface area contributed by atoms with E-state index < -0.39 is 14.8 Å². The molecule has 0 saturated carbocycles. The SMILES string of the molecule is CCCCCCCCC(C#N)(CCCC)S(=O)(=O)NCCCC#N. The summed E-state index contributed by atoms with van der Waals surface area (Å²) in [6, 6.07) is 4.12. The van der Waals surface area contributed by atoms with Crippen LogP contribution in [-0.2, 0) is 10.0 Å². The molecule has 0 aliphatic carbocycles. The molecule has 0 amide bonds. The Labute approximate surface area is 148 Å². The molecule has 0 saturated heterocycles. The fourth-order valence-electron chi connectivity index (χ4n) is 2.73. The van der Waals surface area contributed by atoms with Crippen LogP contribution >= 0.6 is 0 Å². The smallest absolute Gasteiger partial charge is 0.214 e. The van der Waals surface area contributed by atoms with E-state index in [0.717, 1.165) is 32.1 Å². The van der Waals surface area contributed by atoms with Gasteiger partial charge in [-0.3, -0.25) is 0 Å². The third-order valence-electron chi connectivity index (χ3n) is 4.34. The first-order valence-electron chi connectivity index (χ1n) is 9.27. The monoisotopic (exact) mass is 355 g/mol. The Morgan fingerprint density at radius 1 is 0.875 bits per heavy atom. The van der Waals surface area contributed by atoms with Gasteiger partial charge < -0.3 is 0 Å². The van der Waals surface area contributed by atoms with Gasteiger partial charge in [0.1, 0.15) is 0 Å². The minimum atomic E-state index is -3.70. The van der Waals surface area contributed by atoms with Crippen molar-refractivity contribution in [3.8, 4) is 12.1 Å². The molecular formula is C18H33N3O2S. The number of nitrogens with one attached hydrogen (secondary N) is 1. The van der Waals surface area contributed by atoms with E-state index in [-0.39, 0.29) is 6.54 Å². The lowest BCUT2D eigenvalue weighted by atomic mass is 9.95. The standard InChI is InChI=1S/C18H33N3O2S/c1-3-5-7-8-9-10-14-18(17-20,13-6-4-2)24(22,23)21-16-12-11-15-19/h21H,3-14,16H2,1-2H3. The lowest BCUT2D eigenvalue weighted by molar-refractivity contribution is 0.470. The van der Waals surface area contributed by atoms with Gasteiger partial charge in [-0.2, -0.15) is 10.5 Å². The van der Waals surface area contributed by atoms with Crippen LogP contribution in [0.2, 0.25) is 0 Å². The molecule has 0 aromatic heterocycles. The van der Waals surface area contributed by atoms with Crippen LogP contribution in [0, 0.1) is 22.7 Å². The Kier molecular flexibility index (Phi) is 12.6. The molecule has 1 N–H and O–H groups in total. The van der Waals surface area contributed by atoms with Crippen LogP contribution in [0.25, 0.3) is 0 Å². The average Bonchev–Trinajstić information content (AvgIpc) is 2.57. The van der Waals surface area contributed by atoms with Gasteiger partial charge in [0, 0.05) is 13.0 Å². The second-order valence-electron chi connectivity index (χ2n) is 6.39. The van der Waals surface area contributed by atoms with Crippen LogP contribution in [0.3, 0.4) is 0 Å². The topological polar surface area (TPSA) is 93.8 Å². The highest BCUT2D eigenvalue weighted by atomic mass is 32.2. The van der Waals surface area contributed by atoms with Crippen LogP contribution in [0.1, 0.15) is 90.9 Å². The minimum Gasteiger partial charge on any atom is -0.214 e. The van der Waals surface area contributed by atoms with Gasteiger partial charge in [-0.15, -0.1) is 0 Å². The Hall–Kier alpha value is -1.11. The summed E-state index contributed by atoms with van der Waals surface area (Å²) >= 11 is 0. The first kappa shape index (κ1) is 22.9. The fraction of sp³-hybridized carbons (Fsp3) is 0.889. The van der Waals surface area contributed by atoms with E-state index in [2.05, 4.69) is 17.7 Å². The summed E-state index contributed by atoms with van der Waals surface area (Å²) in [6.07, 6.45) is 9.54. The third-order valence-corrected chi connectivity index (χ3v) is 6.46. The predicted molar refractivity (Wildman–Crippen MR) is 97.6 cm³/mol. The van der Waals surface area contributed by atoms with Gasteiger partial charge in [0.2, 0.25) is 10.0 Å². The molecule has 5 nitrogen and oxygen atoms in total. The van der Waals surface area contributed by atoms with Crippen LogP contribution in [0.5, 0.6) is 0 Å². The summed E-state index contributed by atoms with van der Waals surface area (Å²) < 4.78 is 26.6. The van der Waals surface area contributed by atoms with Crippen LogP contribution in [0.4, 0.5) is 0 Å². The van der Waals surface area contributed by atoms with Gasteiger partial charge in [-0.1, -0.05) is 65.2 Å². The molecule has 1 unspecified atom stereocenters. The lowest BCUT2D eigenvalue weighted by Gasteiger charge is -2.27. The summed E-state index contributed by atoms with van der Waals surface area (Å²) in [5, 5.41) is 18.2. The highest BCUT2D eigenvalue weighted by Gasteiger charge is 2.42.